The molecule has 0 aromatic heterocycles. The fourth-order valence-electron chi connectivity index (χ4n) is 0. The first kappa shape index (κ1) is 49.6. The Morgan fingerprint density at radius 3 is 0.560 bits per heavy atom. The first-order chi connectivity index (χ1) is 10.9. The Morgan fingerprint density at radius 1 is 0.520 bits per heavy atom. The quantitative estimate of drug-likeness (QED) is 0.154. The number of rotatable bonds is 0. The Kier molecular flexibility index (Phi) is 76.2. The van der Waals surface area contributed by atoms with Crippen LogP contribution in [0.2, 0.25) is 0 Å². The van der Waals surface area contributed by atoms with Gasteiger partial charge in [-0.2, -0.15) is 26.3 Å². The van der Waals surface area contributed by atoms with Crippen molar-refractivity contribution in [2.45, 2.75) is 11.0 Å². The maximum atomic E-state index is 10.6. The Bertz CT molecular complexity index is 270. The van der Waals surface area contributed by atoms with Gasteiger partial charge in [0.2, 0.25) is 0 Å². The van der Waals surface area contributed by atoms with Crippen molar-refractivity contribution < 1.29 is 88.9 Å². The van der Waals surface area contributed by atoms with Crippen LogP contribution in [0.15, 0.2) is 0 Å². The topological polar surface area (TPSA) is 166 Å². The van der Waals surface area contributed by atoms with Crippen LogP contribution in [0.25, 0.3) is 0 Å². The van der Waals surface area contributed by atoms with E-state index in [1.54, 1.807) is 0 Å². The van der Waals surface area contributed by atoms with E-state index in [0.717, 1.165) is 0 Å². The molecule has 0 fully saturated rings. The molecule has 0 amide bonds. The second-order valence-corrected chi connectivity index (χ2v) is 3.23. The molecule has 0 aliphatic rings. The molecule has 0 saturated carbocycles. The molecule has 0 radical (unpaired) electrons. The van der Waals surface area contributed by atoms with Crippen LogP contribution < -0.4 is 0 Å². The maximum Gasteiger partial charge on any atom is 0.458 e. The Morgan fingerprint density at radius 2 is 0.560 bits per heavy atom. The summed E-state index contributed by atoms with van der Waals surface area (Å²) in [6, 6.07) is 0. The van der Waals surface area contributed by atoms with Gasteiger partial charge in [0.15, 0.2) is 0 Å². The third-order valence-electron chi connectivity index (χ3n) is 0.378. The molecule has 0 N–H and O–H groups in total. The van der Waals surface area contributed by atoms with Gasteiger partial charge in [-0.25, -0.2) is 0 Å². The zero-order valence-corrected chi connectivity index (χ0v) is 15.6. The fraction of sp³-hybridized carbons (Fsp3) is 0.286. The molecule has 25 heavy (non-hydrogen) atoms. The minimum atomic E-state index is -5.08. The normalized spacial score (nSPS) is 10.1. The molecule has 0 aromatic carbocycles. The number of halogens is 6. The predicted octanol–water partition coefficient (Wildman–Crippen LogP) is -0.602. The minimum Gasteiger partial charge on any atom is -0.766 e. The van der Waals surface area contributed by atoms with Gasteiger partial charge in [-0.1, -0.05) is 0 Å². The van der Waals surface area contributed by atoms with Crippen molar-refractivity contribution >= 4 is 56.1 Å². The molecule has 0 aromatic rings. The summed E-state index contributed by atoms with van der Waals surface area (Å²) in [5.41, 5.74) is -10.2. The molecule has 0 heterocycles. The second kappa shape index (κ2) is 38.4. The van der Waals surface area contributed by atoms with E-state index in [0.29, 0.717) is 0 Å². The summed E-state index contributed by atoms with van der Waals surface area (Å²) >= 11 is -7.87. The molecule has 2 atom stereocenters. The molecule has 154 valence electrons. The van der Waals surface area contributed by atoms with Gasteiger partial charge < -0.3 is 33.1 Å². The number of hydrogen-bond acceptors (Lipinski definition) is 9. The van der Waals surface area contributed by atoms with Gasteiger partial charge in [0.05, 0.1) is 22.2 Å². The van der Waals surface area contributed by atoms with E-state index in [1.165, 1.54) is 0 Å². The van der Waals surface area contributed by atoms with E-state index in [-0.39, 0.29) is 21.1 Å². The molecular formula is C7H5F6O9S2W-7. The van der Waals surface area contributed by atoms with Crippen molar-refractivity contribution in [1.82, 2.24) is 0 Å². The fourth-order valence-corrected chi connectivity index (χ4v) is 0. The van der Waals surface area contributed by atoms with Gasteiger partial charge in [-0.15, -0.1) is 0 Å². The van der Waals surface area contributed by atoms with E-state index in [9.17, 15) is 26.3 Å². The third kappa shape index (κ3) is 84.4. The zero-order valence-electron chi connectivity index (χ0n) is 11.1. The Balaban J connectivity index is -0.0000000250. The van der Waals surface area contributed by atoms with E-state index in [2.05, 4.69) is 33.9 Å². The van der Waals surface area contributed by atoms with Crippen molar-refractivity contribution in [2.24, 2.45) is 0 Å². The van der Waals surface area contributed by atoms with Crippen LogP contribution in [-0.2, 0) is 67.2 Å². The summed E-state index contributed by atoms with van der Waals surface area (Å²) < 4.78 is 99.0. The maximum absolute atomic E-state index is 10.6. The van der Waals surface area contributed by atoms with Crippen molar-refractivity contribution in [3.63, 3.8) is 0 Å². The minimum absolute atomic E-state index is 0. The van der Waals surface area contributed by atoms with E-state index in [4.69, 9.17) is 41.5 Å². The van der Waals surface area contributed by atoms with Gasteiger partial charge in [0.25, 0.3) is 0 Å². The molecule has 0 aliphatic heterocycles. The summed E-state index contributed by atoms with van der Waals surface area (Å²) in [7, 11) is 0. The van der Waals surface area contributed by atoms with Crippen LogP contribution in [-0.4, -0.2) is 62.5 Å². The molecule has 0 saturated heterocycles. The molecule has 0 aliphatic carbocycles. The summed E-state index contributed by atoms with van der Waals surface area (Å²) in [6.07, 6.45) is 0. The number of carbonyl (C=O) groups excluding carboxylic acids is 5. The molecular weight excluding hydrogens is 590 g/mol. The van der Waals surface area contributed by atoms with Crippen LogP contribution in [0, 0.1) is 0 Å². The van der Waals surface area contributed by atoms with Gasteiger partial charge in [-0.05, 0) is 0 Å². The second-order valence-electron chi connectivity index (χ2n) is 1.36. The van der Waals surface area contributed by atoms with Crippen LogP contribution in [0.5, 0.6) is 0 Å². The standard InChI is InChI=1S/2CHF3O2S.5CHO.W/c2*2-1(3,4)7(5)6;5*1-2;/h2*(H,5,6);5*1H;/q;;5*-1;/p-2. The van der Waals surface area contributed by atoms with Crippen LogP contribution in [0.1, 0.15) is 0 Å². The van der Waals surface area contributed by atoms with E-state index < -0.39 is 33.2 Å². The Labute approximate surface area is 156 Å². The van der Waals surface area contributed by atoms with Crippen LogP contribution in [0.3, 0.4) is 0 Å². The third-order valence-corrected chi connectivity index (χ3v) is 1.13. The first-order valence-electron chi connectivity index (χ1n) is 3.39. The van der Waals surface area contributed by atoms with Crippen LogP contribution in [0.4, 0.5) is 26.3 Å². The summed E-state index contributed by atoms with van der Waals surface area (Å²) in [5.74, 6) is 0. The largest absolute Gasteiger partial charge is 0.766 e. The van der Waals surface area contributed by atoms with E-state index >= 15 is 0 Å². The van der Waals surface area contributed by atoms with Gasteiger partial charge in [0.1, 0.15) is 0 Å². The summed E-state index contributed by atoms with van der Waals surface area (Å²) in [4.78, 5) is 38.8. The molecule has 0 spiro atoms. The SMILES string of the molecule is O=S([O-])C(F)(F)F.O=S([O-])C(F)(F)F.[CH-]=O.[CH-]=O.[CH-]=O.[CH-]=O.[CH-]=O.[W]. The summed E-state index contributed by atoms with van der Waals surface area (Å²) in [5, 5.41) is 0. The molecule has 18 heteroatoms. The average molecular weight is 595 g/mol. The monoisotopic (exact) mass is 595 g/mol. The molecule has 0 rings (SSSR count). The van der Waals surface area contributed by atoms with Crippen molar-refractivity contribution in [1.29, 1.82) is 0 Å². The van der Waals surface area contributed by atoms with E-state index in [1.807, 2.05) is 0 Å². The average Bonchev–Trinajstić information content (AvgIpc) is 2.56. The molecule has 9 nitrogen and oxygen atoms in total. The van der Waals surface area contributed by atoms with Crippen molar-refractivity contribution in [2.75, 3.05) is 0 Å². The van der Waals surface area contributed by atoms with Crippen molar-refractivity contribution in [3.05, 3.63) is 0 Å². The van der Waals surface area contributed by atoms with Gasteiger partial charge in [0, 0.05) is 21.1 Å². The summed E-state index contributed by atoms with van der Waals surface area (Å²) in [6.45, 7) is 16.2. The van der Waals surface area contributed by atoms with Gasteiger partial charge in [-0.3, -0.25) is 42.4 Å². The zero-order chi connectivity index (χ0) is 22.2. The first-order valence-corrected chi connectivity index (χ1v) is 5.54. The predicted molar refractivity (Wildman–Crippen MR) is 63.7 cm³/mol. The number of hydrogen-bond donors (Lipinski definition) is 0. The van der Waals surface area contributed by atoms with Gasteiger partial charge >= 0.3 is 11.0 Å². The smallest absolute Gasteiger partial charge is 0.458 e. The van der Waals surface area contributed by atoms with Crippen LogP contribution >= 0.6 is 0 Å². The molecule has 2 unspecified atom stereocenters. The molecule has 0 bridgehead atoms. The Hall–Kier alpha value is -1.16. The van der Waals surface area contributed by atoms with Crippen molar-refractivity contribution in [3.8, 4) is 0 Å². The number of alkyl halides is 6.